The number of hydrogen-bond donors (Lipinski definition) is 1. The fourth-order valence-corrected chi connectivity index (χ4v) is 1.13. The van der Waals surface area contributed by atoms with Crippen molar-refractivity contribution in [2.45, 2.75) is 13.3 Å². The van der Waals surface area contributed by atoms with E-state index in [1.807, 2.05) is 0 Å². The maximum absolute atomic E-state index is 11.1. The molecular weight excluding hydrogens is 172 g/mol. The summed E-state index contributed by atoms with van der Waals surface area (Å²) in [7, 11) is 0. The normalized spacial score (nSPS) is 17.2. The van der Waals surface area contributed by atoms with Crippen molar-refractivity contribution in [1.82, 2.24) is 10.2 Å². The van der Waals surface area contributed by atoms with E-state index < -0.39 is 11.8 Å². The molecule has 1 fully saturated rings. The van der Waals surface area contributed by atoms with Crippen LogP contribution in [0.15, 0.2) is 0 Å². The van der Waals surface area contributed by atoms with Crippen molar-refractivity contribution in [2.24, 2.45) is 0 Å². The van der Waals surface area contributed by atoms with Crippen LogP contribution in [0.4, 0.5) is 0 Å². The molecule has 5 heteroatoms. The van der Waals surface area contributed by atoms with Crippen molar-refractivity contribution in [1.29, 1.82) is 0 Å². The van der Waals surface area contributed by atoms with Gasteiger partial charge in [-0.2, -0.15) is 0 Å². The lowest BCUT2D eigenvalue weighted by molar-refractivity contribution is -0.148. The SMILES string of the molecule is CC(=O)CCN1CCNC(=O)C1=O. The second kappa shape index (κ2) is 4.02. The van der Waals surface area contributed by atoms with E-state index in [1.54, 1.807) is 0 Å². The molecule has 1 heterocycles. The van der Waals surface area contributed by atoms with Crippen LogP contribution in [0.5, 0.6) is 0 Å². The first-order chi connectivity index (χ1) is 6.11. The molecule has 0 radical (unpaired) electrons. The van der Waals surface area contributed by atoms with Crippen LogP contribution in [0.3, 0.4) is 0 Å². The van der Waals surface area contributed by atoms with Gasteiger partial charge < -0.3 is 10.2 Å². The zero-order chi connectivity index (χ0) is 9.84. The minimum absolute atomic E-state index is 0.0266. The summed E-state index contributed by atoms with van der Waals surface area (Å²) < 4.78 is 0. The molecule has 1 aliphatic heterocycles. The highest BCUT2D eigenvalue weighted by atomic mass is 16.2. The lowest BCUT2D eigenvalue weighted by atomic mass is 10.2. The Bertz CT molecular complexity index is 250. The maximum Gasteiger partial charge on any atom is 0.311 e. The Morgan fingerprint density at radius 1 is 1.54 bits per heavy atom. The Hall–Kier alpha value is -1.39. The van der Waals surface area contributed by atoms with Crippen LogP contribution >= 0.6 is 0 Å². The first kappa shape index (κ1) is 9.70. The second-order valence-electron chi connectivity index (χ2n) is 3.00. The Morgan fingerprint density at radius 3 is 2.85 bits per heavy atom. The van der Waals surface area contributed by atoms with Gasteiger partial charge in [0.05, 0.1) is 0 Å². The van der Waals surface area contributed by atoms with Gasteiger partial charge in [0.1, 0.15) is 5.78 Å². The lowest BCUT2D eigenvalue weighted by Gasteiger charge is -2.25. The molecule has 72 valence electrons. The van der Waals surface area contributed by atoms with Gasteiger partial charge in [-0.15, -0.1) is 0 Å². The topological polar surface area (TPSA) is 66.5 Å². The molecule has 1 rings (SSSR count). The summed E-state index contributed by atoms with van der Waals surface area (Å²) in [4.78, 5) is 34.0. The molecule has 1 saturated heterocycles. The number of piperazine rings is 1. The van der Waals surface area contributed by atoms with Crippen molar-refractivity contribution < 1.29 is 14.4 Å². The monoisotopic (exact) mass is 184 g/mol. The lowest BCUT2D eigenvalue weighted by Crippen LogP contribution is -2.52. The van der Waals surface area contributed by atoms with Crippen LogP contribution in [-0.2, 0) is 14.4 Å². The smallest absolute Gasteiger partial charge is 0.311 e. The van der Waals surface area contributed by atoms with Crippen LogP contribution in [0, 0.1) is 0 Å². The zero-order valence-corrected chi connectivity index (χ0v) is 7.50. The quantitative estimate of drug-likeness (QED) is 0.567. The minimum atomic E-state index is -0.574. The Morgan fingerprint density at radius 2 is 2.23 bits per heavy atom. The van der Waals surface area contributed by atoms with Gasteiger partial charge >= 0.3 is 11.8 Å². The second-order valence-corrected chi connectivity index (χ2v) is 3.00. The van der Waals surface area contributed by atoms with Crippen molar-refractivity contribution in [2.75, 3.05) is 19.6 Å². The van der Waals surface area contributed by atoms with Crippen molar-refractivity contribution in [3.63, 3.8) is 0 Å². The molecule has 1 N–H and O–H groups in total. The van der Waals surface area contributed by atoms with E-state index in [-0.39, 0.29) is 5.78 Å². The molecule has 0 unspecified atom stereocenters. The number of amides is 2. The molecule has 1 aliphatic rings. The largest absolute Gasteiger partial charge is 0.346 e. The zero-order valence-electron chi connectivity index (χ0n) is 7.50. The molecule has 0 aromatic rings. The summed E-state index contributed by atoms with van der Waals surface area (Å²) in [6.07, 6.45) is 0.318. The van der Waals surface area contributed by atoms with E-state index in [0.717, 1.165) is 0 Å². The predicted molar refractivity (Wildman–Crippen MR) is 44.9 cm³/mol. The highest BCUT2D eigenvalue weighted by Crippen LogP contribution is 1.97. The molecule has 0 aliphatic carbocycles. The molecule has 0 aromatic heterocycles. The van der Waals surface area contributed by atoms with Gasteiger partial charge in [0.25, 0.3) is 0 Å². The van der Waals surface area contributed by atoms with Crippen LogP contribution in [0.2, 0.25) is 0 Å². The Kier molecular flexibility index (Phi) is 3.00. The van der Waals surface area contributed by atoms with E-state index >= 15 is 0 Å². The van der Waals surface area contributed by atoms with Crippen LogP contribution in [0.1, 0.15) is 13.3 Å². The van der Waals surface area contributed by atoms with Crippen molar-refractivity contribution in [3.8, 4) is 0 Å². The van der Waals surface area contributed by atoms with Gasteiger partial charge in [-0.3, -0.25) is 14.4 Å². The molecule has 0 bridgehead atoms. The molecule has 0 aromatic carbocycles. The van der Waals surface area contributed by atoms with Gasteiger partial charge in [0, 0.05) is 26.1 Å². The molecular formula is C8H12N2O3. The maximum atomic E-state index is 11.1. The summed E-state index contributed by atoms with van der Waals surface area (Å²) >= 11 is 0. The number of hydrogen-bond acceptors (Lipinski definition) is 3. The van der Waals surface area contributed by atoms with Gasteiger partial charge in [0.15, 0.2) is 0 Å². The van der Waals surface area contributed by atoms with Crippen LogP contribution in [-0.4, -0.2) is 42.1 Å². The van der Waals surface area contributed by atoms with Gasteiger partial charge in [-0.1, -0.05) is 0 Å². The highest BCUT2D eigenvalue weighted by Gasteiger charge is 2.25. The number of nitrogens with zero attached hydrogens (tertiary/aromatic N) is 1. The summed E-state index contributed by atoms with van der Waals surface area (Å²) in [5.41, 5.74) is 0. The average Bonchev–Trinajstić information content (AvgIpc) is 2.07. The van der Waals surface area contributed by atoms with Crippen molar-refractivity contribution in [3.05, 3.63) is 0 Å². The fraction of sp³-hybridized carbons (Fsp3) is 0.625. The first-order valence-electron chi connectivity index (χ1n) is 4.18. The number of nitrogens with one attached hydrogen (secondary N) is 1. The Balaban J connectivity index is 2.44. The van der Waals surface area contributed by atoms with Crippen LogP contribution in [0.25, 0.3) is 0 Å². The summed E-state index contributed by atoms with van der Waals surface area (Å²) in [6, 6.07) is 0. The highest BCUT2D eigenvalue weighted by molar-refractivity contribution is 6.35. The first-order valence-corrected chi connectivity index (χ1v) is 4.18. The van der Waals surface area contributed by atoms with Gasteiger partial charge in [-0.05, 0) is 6.92 Å². The molecule has 13 heavy (non-hydrogen) atoms. The summed E-state index contributed by atoms with van der Waals surface area (Å²) in [5.74, 6) is -1.08. The number of rotatable bonds is 3. The number of Topliss-reactive ketones (excluding diaryl/α,β-unsaturated/α-hetero) is 1. The van der Waals surface area contributed by atoms with Crippen LogP contribution < -0.4 is 5.32 Å². The van der Waals surface area contributed by atoms with E-state index in [2.05, 4.69) is 5.32 Å². The molecule has 2 amide bonds. The fourth-order valence-electron chi connectivity index (χ4n) is 1.13. The molecule has 0 saturated carbocycles. The van der Waals surface area contributed by atoms with E-state index in [9.17, 15) is 14.4 Å². The van der Waals surface area contributed by atoms with Gasteiger partial charge in [-0.25, -0.2) is 0 Å². The number of carbonyl (C=O) groups excluding carboxylic acids is 3. The summed E-state index contributed by atoms with van der Waals surface area (Å²) in [6.45, 7) is 2.79. The predicted octanol–water partition coefficient (Wildman–Crippen LogP) is -1.08. The number of carbonyl (C=O) groups is 3. The average molecular weight is 184 g/mol. The third-order valence-corrected chi connectivity index (χ3v) is 1.88. The standard InChI is InChI=1S/C8H12N2O3/c1-6(11)2-4-10-5-3-9-7(12)8(10)13/h2-5H2,1H3,(H,9,12). The molecule has 0 spiro atoms. The molecule has 0 atom stereocenters. The Labute approximate surface area is 76.1 Å². The third-order valence-electron chi connectivity index (χ3n) is 1.88. The van der Waals surface area contributed by atoms with E-state index in [0.29, 0.717) is 26.1 Å². The third kappa shape index (κ3) is 2.54. The van der Waals surface area contributed by atoms with Gasteiger partial charge in [0.2, 0.25) is 0 Å². The number of ketones is 1. The summed E-state index contributed by atoms with van der Waals surface area (Å²) in [5, 5.41) is 2.43. The minimum Gasteiger partial charge on any atom is -0.346 e. The van der Waals surface area contributed by atoms with E-state index in [4.69, 9.17) is 0 Å². The van der Waals surface area contributed by atoms with Crippen molar-refractivity contribution >= 4 is 17.6 Å². The van der Waals surface area contributed by atoms with E-state index in [1.165, 1.54) is 11.8 Å². The molecule has 5 nitrogen and oxygen atoms in total.